The first-order valence-electron chi connectivity index (χ1n) is 13.4. The second kappa shape index (κ2) is 9.33. The lowest BCUT2D eigenvalue weighted by molar-refractivity contribution is 0.660. The fraction of sp³-hybridized carbons (Fsp3) is 0.0286. The summed E-state index contributed by atoms with van der Waals surface area (Å²) in [6, 6.07) is 44.4. The van der Waals surface area contributed by atoms with E-state index in [0.717, 1.165) is 49.8 Å². The molecule has 0 amide bonds. The van der Waals surface area contributed by atoms with Gasteiger partial charge < -0.3 is 5.32 Å². The molecule has 3 heterocycles. The first-order valence-corrected chi connectivity index (χ1v) is 14.2. The highest BCUT2D eigenvalue weighted by Gasteiger charge is 2.23. The predicted molar refractivity (Wildman–Crippen MR) is 168 cm³/mol. The van der Waals surface area contributed by atoms with Crippen LogP contribution in [0.5, 0.6) is 0 Å². The molecule has 1 atom stereocenters. The standard InChI is InChI=1S/C35H24N4S/c1-4-12-23(13-5-1)28-22-33(38-34(36-28)24-14-6-2-7-15-24)39-30-19-11-10-18-26(30)27-20-32-29(21-31(27)39)37-35(40-32)25-16-8-3-9-17-25/h1-22,34,36H. The molecule has 0 bridgehead atoms. The van der Waals surface area contributed by atoms with Gasteiger partial charge in [-0.25, -0.2) is 9.98 Å². The van der Waals surface area contributed by atoms with Crippen molar-refractivity contribution in [2.24, 2.45) is 4.99 Å². The molecule has 5 aromatic carbocycles. The Morgan fingerprint density at radius 1 is 0.650 bits per heavy atom. The van der Waals surface area contributed by atoms with E-state index in [1.807, 2.05) is 18.2 Å². The molecule has 0 radical (unpaired) electrons. The van der Waals surface area contributed by atoms with E-state index in [1.54, 1.807) is 11.3 Å². The zero-order chi connectivity index (χ0) is 26.5. The normalized spacial score (nSPS) is 15.2. The summed E-state index contributed by atoms with van der Waals surface area (Å²) in [6.07, 6.45) is 1.96. The molecule has 0 spiro atoms. The average Bonchev–Trinajstić information content (AvgIpc) is 3.59. The van der Waals surface area contributed by atoms with Crippen molar-refractivity contribution in [2.75, 3.05) is 0 Å². The number of aromatic nitrogens is 2. The molecule has 40 heavy (non-hydrogen) atoms. The lowest BCUT2D eigenvalue weighted by atomic mass is 10.1. The molecule has 0 aliphatic carbocycles. The SMILES string of the molecule is C1=C(c2ccccc2)NC(c2ccccc2)N=C1n1c2ccccc2c2cc3sc(-c4ccccc4)nc3cc21. The van der Waals surface area contributed by atoms with E-state index < -0.39 is 0 Å². The van der Waals surface area contributed by atoms with Gasteiger partial charge in [0.05, 0.1) is 21.3 Å². The molecule has 5 heteroatoms. The molecule has 1 aliphatic rings. The monoisotopic (exact) mass is 532 g/mol. The summed E-state index contributed by atoms with van der Waals surface area (Å²) in [5.41, 5.74) is 7.69. The fourth-order valence-corrected chi connectivity index (χ4v) is 6.55. The lowest BCUT2D eigenvalue weighted by Crippen LogP contribution is -2.27. The van der Waals surface area contributed by atoms with Gasteiger partial charge in [-0.3, -0.25) is 4.57 Å². The van der Waals surface area contributed by atoms with Crippen molar-refractivity contribution in [1.29, 1.82) is 0 Å². The number of aliphatic imine (C=N–C) groups is 1. The zero-order valence-corrected chi connectivity index (χ0v) is 22.3. The molecule has 1 unspecified atom stereocenters. The highest BCUT2D eigenvalue weighted by molar-refractivity contribution is 7.21. The quantitative estimate of drug-likeness (QED) is 0.247. The molecule has 0 fully saturated rings. The van der Waals surface area contributed by atoms with Crippen molar-refractivity contribution in [3.8, 4) is 10.6 Å². The maximum absolute atomic E-state index is 5.28. The summed E-state index contributed by atoms with van der Waals surface area (Å²) >= 11 is 1.74. The Morgan fingerprint density at radius 2 is 1.32 bits per heavy atom. The Bertz CT molecular complexity index is 2070. The molecule has 0 saturated heterocycles. The third-order valence-electron chi connectivity index (χ3n) is 7.46. The van der Waals surface area contributed by atoms with E-state index >= 15 is 0 Å². The van der Waals surface area contributed by atoms with E-state index in [1.165, 1.54) is 15.5 Å². The smallest absolute Gasteiger partial charge is 0.147 e. The topological polar surface area (TPSA) is 42.2 Å². The van der Waals surface area contributed by atoms with E-state index in [9.17, 15) is 0 Å². The van der Waals surface area contributed by atoms with Crippen molar-refractivity contribution in [3.63, 3.8) is 0 Å². The molecule has 7 aromatic rings. The van der Waals surface area contributed by atoms with Crippen LogP contribution in [0.4, 0.5) is 0 Å². The van der Waals surface area contributed by atoms with Gasteiger partial charge in [-0.2, -0.15) is 0 Å². The fourth-order valence-electron chi connectivity index (χ4n) is 5.56. The number of rotatable bonds is 3. The third kappa shape index (κ3) is 3.82. The lowest BCUT2D eigenvalue weighted by Gasteiger charge is -2.25. The molecule has 1 N–H and O–H groups in total. The van der Waals surface area contributed by atoms with Crippen LogP contribution in [0.3, 0.4) is 0 Å². The number of thiazole rings is 1. The van der Waals surface area contributed by atoms with E-state index in [4.69, 9.17) is 9.98 Å². The number of para-hydroxylation sites is 1. The van der Waals surface area contributed by atoms with Gasteiger partial charge in [-0.05, 0) is 29.3 Å². The van der Waals surface area contributed by atoms with Crippen LogP contribution in [0.1, 0.15) is 17.3 Å². The van der Waals surface area contributed by atoms with Crippen LogP contribution in [-0.2, 0) is 0 Å². The van der Waals surface area contributed by atoms with Gasteiger partial charge in [0.2, 0.25) is 0 Å². The first kappa shape index (κ1) is 22.9. The van der Waals surface area contributed by atoms with Gasteiger partial charge in [-0.1, -0.05) is 109 Å². The van der Waals surface area contributed by atoms with Gasteiger partial charge in [0.1, 0.15) is 17.0 Å². The number of nitrogens with zero attached hydrogens (tertiary/aromatic N) is 3. The minimum absolute atomic E-state index is 0.208. The Hall–Kier alpha value is -5.00. The Labute approximate surface area is 235 Å². The average molecular weight is 533 g/mol. The molecule has 2 aromatic heterocycles. The number of nitrogens with one attached hydrogen (secondary N) is 1. The summed E-state index contributed by atoms with van der Waals surface area (Å²) in [5.74, 6) is 0.899. The van der Waals surface area contributed by atoms with Crippen molar-refractivity contribution in [1.82, 2.24) is 14.9 Å². The van der Waals surface area contributed by atoms with Crippen molar-refractivity contribution in [2.45, 2.75) is 6.17 Å². The van der Waals surface area contributed by atoms with Crippen LogP contribution in [0.25, 0.3) is 48.3 Å². The number of fused-ring (bicyclic) bond motifs is 4. The maximum Gasteiger partial charge on any atom is 0.147 e. The summed E-state index contributed by atoms with van der Waals surface area (Å²) in [4.78, 5) is 10.3. The molecule has 190 valence electrons. The van der Waals surface area contributed by atoms with Gasteiger partial charge in [0.15, 0.2) is 0 Å². The largest absolute Gasteiger partial charge is 0.359 e. The van der Waals surface area contributed by atoms with Crippen LogP contribution in [-0.4, -0.2) is 15.4 Å². The molecule has 0 saturated carbocycles. The zero-order valence-electron chi connectivity index (χ0n) is 21.5. The van der Waals surface area contributed by atoms with Gasteiger partial charge in [0, 0.05) is 28.1 Å². The molecule has 1 aliphatic heterocycles. The van der Waals surface area contributed by atoms with Crippen LogP contribution in [0.15, 0.2) is 138 Å². The van der Waals surface area contributed by atoms with Crippen molar-refractivity contribution >= 4 is 54.9 Å². The summed E-state index contributed by atoms with van der Waals surface area (Å²) in [7, 11) is 0. The van der Waals surface area contributed by atoms with Crippen LogP contribution < -0.4 is 5.32 Å². The molecular formula is C35H24N4S. The van der Waals surface area contributed by atoms with Crippen molar-refractivity contribution in [3.05, 3.63) is 145 Å². The Balaban J connectivity index is 1.38. The van der Waals surface area contributed by atoms with Crippen LogP contribution in [0, 0.1) is 0 Å². The number of hydrogen-bond acceptors (Lipinski definition) is 4. The second-order valence-corrected chi connectivity index (χ2v) is 11.0. The molecule has 8 rings (SSSR count). The second-order valence-electron chi connectivity index (χ2n) is 9.94. The number of allylic oxidation sites excluding steroid dienone is 1. The van der Waals surface area contributed by atoms with E-state index in [0.29, 0.717) is 0 Å². The Morgan fingerprint density at radius 3 is 2.10 bits per heavy atom. The number of hydrogen-bond donors (Lipinski definition) is 1. The highest BCUT2D eigenvalue weighted by atomic mass is 32.1. The first-order chi connectivity index (χ1) is 19.8. The molecule has 4 nitrogen and oxygen atoms in total. The minimum atomic E-state index is -0.208. The van der Waals surface area contributed by atoms with Gasteiger partial charge in [-0.15, -0.1) is 11.3 Å². The van der Waals surface area contributed by atoms with Crippen molar-refractivity contribution < 1.29 is 0 Å². The highest BCUT2D eigenvalue weighted by Crippen LogP contribution is 2.38. The van der Waals surface area contributed by atoms with Gasteiger partial charge in [0.25, 0.3) is 0 Å². The summed E-state index contributed by atoms with van der Waals surface area (Å²) in [6.45, 7) is 0. The summed E-state index contributed by atoms with van der Waals surface area (Å²) < 4.78 is 3.48. The van der Waals surface area contributed by atoms with E-state index in [2.05, 4.69) is 125 Å². The third-order valence-corrected chi connectivity index (χ3v) is 8.53. The predicted octanol–water partition coefficient (Wildman–Crippen LogP) is 8.66. The van der Waals surface area contributed by atoms with Gasteiger partial charge >= 0.3 is 0 Å². The minimum Gasteiger partial charge on any atom is -0.359 e. The Kier molecular flexibility index (Phi) is 5.35. The molecular weight excluding hydrogens is 508 g/mol. The van der Waals surface area contributed by atoms with E-state index in [-0.39, 0.29) is 6.17 Å². The maximum atomic E-state index is 5.28. The summed E-state index contributed by atoms with van der Waals surface area (Å²) in [5, 5.41) is 7.13. The van der Waals surface area contributed by atoms with Crippen LogP contribution in [0.2, 0.25) is 0 Å². The number of benzene rings is 5. The van der Waals surface area contributed by atoms with Crippen LogP contribution >= 0.6 is 11.3 Å².